The second-order valence-electron chi connectivity index (χ2n) is 7.16. The fraction of sp³-hybridized carbons (Fsp3) is 0.526. The molecule has 0 spiro atoms. The summed E-state index contributed by atoms with van der Waals surface area (Å²) in [7, 11) is 1.74. The molecule has 1 aromatic carbocycles. The maximum Gasteiger partial charge on any atom is 0.245 e. The molecular formula is C19H23N3O2. The maximum absolute atomic E-state index is 13.0. The summed E-state index contributed by atoms with van der Waals surface area (Å²) in [6.45, 7) is 2.85. The Labute approximate surface area is 142 Å². The number of aryl methyl sites for hydroxylation is 1. The van der Waals surface area contributed by atoms with Crippen LogP contribution in [0.4, 0.5) is 5.69 Å². The van der Waals surface area contributed by atoms with Crippen LogP contribution in [-0.2, 0) is 16.0 Å². The van der Waals surface area contributed by atoms with Crippen LogP contribution < -0.4 is 0 Å². The highest BCUT2D eigenvalue weighted by atomic mass is 16.2. The summed E-state index contributed by atoms with van der Waals surface area (Å²) in [4.78, 5) is 33.1. The van der Waals surface area contributed by atoms with Gasteiger partial charge in [-0.1, -0.05) is 12.1 Å². The van der Waals surface area contributed by atoms with E-state index in [-0.39, 0.29) is 23.9 Å². The number of amides is 2. The van der Waals surface area contributed by atoms with E-state index in [0.717, 1.165) is 37.2 Å². The van der Waals surface area contributed by atoms with Crippen molar-refractivity contribution in [3.8, 4) is 0 Å². The summed E-state index contributed by atoms with van der Waals surface area (Å²) in [5, 5.41) is 0. The monoisotopic (exact) mass is 325 g/mol. The molecule has 3 aliphatic rings. The molecule has 2 unspecified atom stereocenters. The first-order valence-electron chi connectivity index (χ1n) is 8.78. The molecule has 4 rings (SSSR count). The Bertz CT molecular complexity index is 740. The SMILES string of the molecule is Cc1ccc2c(c1)N=C(C1CCCN1C(=O)C1CCC(=O)N1C)C2. The smallest absolute Gasteiger partial charge is 0.245 e. The Morgan fingerprint density at radius 2 is 2.12 bits per heavy atom. The minimum atomic E-state index is -0.287. The highest BCUT2D eigenvalue weighted by molar-refractivity contribution is 6.01. The molecule has 3 aliphatic heterocycles. The number of likely N-dealkylation sites (N-methyl/N-ethyl adjacent to an activating group) is 1. The predicted octanol–water partition coefficient (Wildman–Crippen LogP) is 2.24. The molecule has 24 heavy (non-hydrogen) atoms. The maximum atomic E-state index is 13.0. The second kappa shape index (κ2) is 5.72. The van der Waals surface area contributed by atoms with Gasteiger partial charge in [-0.15, -0.1) is 0 Å². The minimum Gasteiger partial charge on any atom is -0.334 e. The van der Waals surface area contributed by atoms with Gasteiger partial charge in [0.05, 0.1) is 11.7 Å². The van der Waals surface area contributed by atoms with Crippen LogP contribution in [0.5, 0.6) is 0 Å². The second-order valence-corrected chi connectivity index (χ2v) is 7.16. The lowest BCUT2D eigenvalue weighted by molar-refractivity contribution is -0.140. The van der Waals surface area contributed by atoms with Crippen molar-refractivity contribution in [2.45, 2.75) is 51.1 Å². The van der Waals surface area contributed by atoms with Gasteiger partial charge in [-0.3, -0.25) is 14.6 Å². The van der Waals surface area contributed by atoms with Crippen molar-refractivity contribution in [3.63, 3.8) is 0 Å². The molecule has 5 nitrogen and oxygen atoms in total. The Morgan fingerprint density at radius 3 is 2.88 bits per heavy atom. The highest BCUT2D eigenvalue weighted by Gasteiger charge is 2.41. The number of fused-ring (bicyclic) bond motifs is 1. The van der Waals surface area contributed by atoms with E-state index in [1.165, 1.54) is 11.1 Å². The van der Waals surface area contributed by atoms with Crippen LogP contribution in [0.3, 0.4) is 0 Å². The molecule has 2 amide bonds. The topological polar surface area (TPSA) is 53.0 Å². The van der Waals surface area contributed by atoms with E-state index < -0.39 is 0 Å². The Morgan fingerprint density at radius 1 is 1.29 bits per heavy atom. The number of aliphatic imine (C=N–C) groups is 1. The van der Waals surface area contributed by atoms with Crippen molar-refractivity contribution in [2.75, 3.05) is 13.6 Å². The molecule has 0 saturated carbocycles. The summed E-state index contributed by atoms with van der Waals surface area (Å²) in [6, 6.07) is 6.19. The van der Waals surface area contributed by atoms with E-state index in [1.54, 1.807) is 11.9 Å². The van der Waals surface area contributed by atoms with Crippen molar-refractivity contribution in [1.82, 2.24) is 9.80 Å². The van der Waals surface area contributed by atoms with Gasteiger partial charge < -0.3 is 9.80 Å². The van der Waals surface area contributed by atoms with Gasteiger partial charge in [0.1, 0.15) is 6.04 Å². The number of hydrogen-bond acceptors (Lipinski definition) is 3. The van der Waals surface area contributed by atoms with Crippen LogP contribution in [0, 0.1) is 6.92 Å². The summed E-state index contributed by atoms with van der Waals surface area (Å²) in [6.07, 6.45) is 3.95. The average molecular weight is 325 g/mol. The van der Waals surface area contributed by atoms with Crippen molar-refractivity contribution in [3.05, 3.63) is 29.3 Å². The van der Waals surface area contributed by atoms with E-state index in [0.29, 0.717) is 12.8 Å². The van der Waals surface area contributed by atoms with Gasteiger partial charge >= 0.3 is 0 Å². The molecule has 126 valence electrons. The number of hydrogen-bond donors (Lipinski definition) is 0. The van der Waals surface area contributed by atoms with Crippen molar-refractivity contribution in [2.24, 2.45) is 4.99 Å². The standard InChI is InChI=1S/C19H23N3O2/c1-12-5-6-13-11-15(20-14(13)10-12)16-4-3-9-22(16)19(24)17-7-8-18(23)21(17)2/h5-6,10,16-17H,3-4,7-9,11H2,1-2H3. The Balaban J connectivity index is 1.55. The van der Waals surface area contributed by atoms with Crippen LogP contribution in [0.1, 0.15) is 36.8 Å². The van der Waals surface area contributed by atoms with Gasteiger partial charge in [0.2, 0.25) is 11.8 Å². The van der Waals surface area contributed by atoms with Gasteiger partial charge in [0.15, 0.2) is 0 Å². The van der Waals surface area contributed by atoms with E-state index >= 15 is 0 Å². The first-order valence-corrected chi connectivity index (χ1v) is 8.78. The fourth-order valence-corrected chi connectivity index (χ4v) is 4.17. The number of rotatable bonds is 2. The lowest BCUT2D eigenvalue weighted by Gasteiger charge is -2.30. The van der Waals surface area contributed by atoms with Crippen molar-refractivity contribution < 1.29 is 9.59 Å². The molecule has 0 N–H and O–H groups in total. The quantitative estimate of drug-likeness (QED) is 0.837. The first kappa shape index (κ1) is 15.4. The van der Waals surface area contributed by atoms with Gasteiger partial charge in [-0.25, -0.2) is 0 Å². The van der Waals surface area contributed by atoms with E-state index in [9.17, 15) is 9.59 Å². The van der Waals surface area contributed by atoms with Gasteiger partial charge in [-0.05, 0) is 43.4 Å². The highest BCUT2D eigenvalue weighted by Crippen LogP contribution is 2.33. The number of carbonyl (C=O) groups is 2. The zero-order chi connectivity index (χ0) is 16.8. The molecule has 3 heterocycles. The molecule has 1 aromatic rings. The van der Waals surface area contributed by atoms with Crippen LogP contribution in [-0.4, -0.2) is 53.0 Å². The number of likely N-dealkylation sites (tertiary alicyclic amines) is 2. The summed E-state index contributed by atoms with van der Waals surface area (Å²) in [5.74, 6) is 0.172. The van der Waals surface area contributed by atoms with Crippen molar-refractivity contribution >= 4 is 23.2 Å². The molecule has 2 fully saturated rings. The van der Waals surface area contributed by atoms with Crippen LogP contribution in [0.25, 0.3) is 0 Å². The largest absolute Gasteiger partial charge is 0.334 e. The normalized spacial score (nSPS) is 26.1. The van der Waals surface area contributed by atoms with Crippen LogP contribution >= 0.6 is 0 Å². The van der Waals surface area contributed by atoms with E-state index in [2.05, 4.69) is 25.1 Å². The minimum absolute atomic E-state index is 0.0742. The molecule has 0 aliphatic carbocycles. The zero-order valence-corrected chi connectivity index (χ0v) is 14.3. The predicted molar refractivity (Wildman–Crippen MR) is 92.5 cm³/mol. The van der Waals surface area contributed by atoms with Gasteiger partial charge in [0.25, 0.3) is 0 Å². The summed E-state index contributed by atoms with van der Waals surface area (Å²) in [5.41, 5.74) is 4.62. The summed E-state index contributed by atoms with van der Waals surface area (Å²) < 4.78 is 0. The number of benzene rings is 1. The van der Waals surface area contributed by atoms with E-state index in [4.69, 9.17) is 4.99 Å². The fourth-order valence-electron chi connectivity index (χ4n) is 4.17. The van der Waals surface area contributed by atoms with E-state index in [1.807, 2.05) is 4.90 Å². The third-order valence-electron chi connectivity index (χ3n) is 5.57. The molecule has 0 radical (unpaired) electrons. The average Bonchev–Trinajstić information content (AvgIpc) is 3.26. The third kappa shape index (κ3) is 2.43. The zero-order valence-electron chi connectivity index (χ0n) is 14.3. The lowest BCUT2D eigenvalue weighted by Crippen LogP contribution is -2.49. The third-order valence-corrected chi connectivity index (χ3v) is 5.57. The number of nitrogens with zero attached hydrogens (tertiary/aromatic N) is 3. The molecular weight excluding hydrogens is 302 g/mol. The number of carbonyl (C=O) groups excluding carboxylic acids is 2. The van der Waals surface area contributed by atoms with Crippen molar-refractivity contribution in [1.29, 1.82) is 0 Å². The molecule has 2 atom stereocenters. The summed E-state index contributed by atoms with van der Waals surface area (Å²) >= 11 is 0. The Hall–Kier alpha value is -2.17. The lowest BCUT2D eigenvalue weighted by atomic mass is 10.0. The van der Waals surface area contributed by atoms with Crippen LogP contribution in [0.2, 0.25) is 0 Å². The molecule has 0 aromatic heterocycles. The molecule has 2 saturated heterocycles. The van der Waals surface area contributed by atoms with Gasteiger partial charge in [-0.2, -0.15) is 0 Å². The molecule has 0 bridgehead atoms. The molecule has 5 heteroatoms. The van der Waals surface area contributed by atoms with Crippen LogP contribution in [0.15, 0.2) is 23.2 Å². The first-order chi connectivity index (χ1) is 11.5. The Kier molecular flexibility index (Phi) is 3.66. The van der Waals surface area contributed by atoms with Gasteiger partial charge in [0, 0.05) is 32.1 Å².